The van der Waals surface area contributed by atoms with Crippen molar-refractivity contribution in [1.82, 2.24) is 0 Å². The fourth-order valence-corrected chi connectivity index (χ4v) is 4.66. The Bertz CT molecular complexity index is 1260. The third-order valence-electron chi connectivity index (χ3n) is 4.68. The maximum absolute atomic E-state index is 13.1. The van der Waals surface area contributed by atoms with Gasteiger partial charge in [-0.1, -0.05) is 35.3 Å². The molecule has 184 valence electrons. The summed E-state index contributed by atoms with van der Waals surface area (Å²) in [6.45, 7) is 3.48. The van der Waals surface area contributed by atoms with E-state index in [-0.39, 0.29) is 32.8 Å². The standard InChI is InChI=1S/C24H22Cl2N2O6S/c1-4-33-18-8-6-5-7-16(18)27-22(30)21-13(2)20(24(31)32-3)23(35-21)28-19(29)12-34-17-10-9-14(25)11-15(17)26/h5-11H,4,12H2,1-3H3,(H,27,30)(H,28,29). The van der Waals surface area contributed by atoms with Gasteiger partial charge in [-0.25, -0.2) is 4.79 Å². The molecule has 8 nitrogen and oxygen atoms in total. The number of thiophene rings is 1. The molecule has 2 N–H and O–H groups in total. The molecule has 0 aliphatic rings. The number of anilines is 2. The Morgan fingerprint density at radius 3 is 2.43 bits per heavy atom. The van der Waals surface area contributed by atoms with Gasteiger partial charge in [-0.3, -0.25) is 9.59 Å². The van der Waals surface area contributed by atoms with Crippen LogP contribution < -0.4 is 20.1 Å². The molecule has 0 radical (unpaired) electrons. The summed E-state index contributed by atoms with van der Waals surface area (Å²) in [5, 5.41) is 6.25. The second-order valence-corrected chi connectivity index (χ2v) is 8.91. The smallest absolute Gasteiger partial charge is 0.341 e. The number of rotatable bonds is 9. The number of para-hydroxylation sites is 2. The van der Waals surface area contributed by atoms with Gasteiger partial charge in [-0.05, 0) is 49.7 Å². The first kappa shape index (κ1) is 26.3. The van der Waals surface area contributed by atoms with E-state index < -0.39 is 17.8 Å². The van der Waals surface area contributed by atoms with Gasteiger partial charge in [0.1, 0.15) is 16.5 Å². The number of carbonyl (C=O) groups excluding carboxylic acids is 3. The molecule has 0 unspecified atom stereocenters. The summed E-state index contributed by atoms with van der Waals surface area (Å²) in [5.41, 5.74) is 0.925. The van der Waals surface area contributed by atoms with Gasteiger partial charge >= 0.3 is 5.97 Å². The van der Waals surface area contributed by atoms with E-state index in [1.807, 2.05) is 6.92 Å². The lowest BCUT2D eigenvalue weighted by molar-refractivity contribution is -0.118. The Labute approximate surface area is 216 Å². The van der Waals surface area contributed by atoms with E-state index in [1.165, 1.54) is 19.2 Å². The van der Waals surface area contributed by atoms with Crippen molar-refractivity contribution in [2.75, 3.05) is 31.0 Å². The molecule has 0 spiro atoms. The van der Waals surface area contributed by atoms with Crippen LogP contribution in [0.1, 0.15) is 32.5 Å². The second kappa shape index (κ2) is 11.9. The highest BCUT2D eigenvalue weighted by Gasteiger charge is 2.27. The van der Waals surface area contributed by atoms with Crippen LogP contribution in [-0.4, -0.2) is 38.1 Å². The lowest BCUT2D eigenvalue weighted by Gasteiger charge is -2.11. The molecule has 0 fully saturated rings. The lowest BCUT2D eigenvalue weighted by atomic mass is 10.1. The summed E-state index contributed by atoms with van der Waals surface area (Å²) in [7, 11) is 1.22. The topological polar surface area (TPSA) is 103 Å². The quantitative estimate of drug-likeness (QED) is 0.334. The average molecular weight is 537 g/mol. The minimum Gasteiger partial charge on any atom is -0.492 e. The fourth-order valence-electron chi connectivity index (χ4n) is 3.09. The minimum absolute atomic E-state index is 0.0821. The van der Waals surface area contributed by atoms with Gasteiger partial charge in [-0.2, -0.15) is 0 Å². The molecule has 1 heterocycles. The molecule has 3 aromatic rings. The summed E-state index contributed by atoms with van der Waals surface area (Å²) >= 11 is 12.9. The molecule has 0 aliphatic carbocycles. The van der Waals surface area contributed by atoms with Gasteiger partial charge < -0.3 is 24.8 Å². The van der Waals surface area contributed by atoms with Crippen LogP contribution in [0.5, 0.6) is 11.5 Å². The number of amides is 2. The van der Waals surface area contributed by atoms with Crippen LogP contribution >= 0.6 is 34.5 Å². The molecule has 0 aliphatic heterocycles. The molecule has 11 heteroatoms. The van der Waals surface area contributed by atoms with Crippen molar-refractivity contribution in [3.8, 4) is 11.5 Å². The summed E-state index contributed by atoms with van der Waals surface area (Å²) in [6.07, 6.45) is 0. The molecule has 35 heavy (non-hydrogen) atoms. The van der Waals surface area contributed by atoms with Gasteiger partial charge in [0.05, 0.1) is 34.9 Å². The van der Waals surface area contributed by atoms with Crippen LogP contribution in [0.4, 0.5) is 10.7 Å². The predicted molar refractivity (Wildman–Crippen MR) is 137 cm³/mol. The monoisotopic (exact) mass is 536 g/mol. The number of methoxy groups -OCH3 is 1. The Morgan fingerprint density at radius 2 is 1.74 bits per heavy atom. The number of carbonyl (C=O) groups is 3. The molecule has 0 saturated heterocycles. The Morgan fingerprint density at radius 1 is 1.00 bits per heavy atom. The highest BCUT2D eigenvalue weighted by molar-refractivity contribution is 7.19. The van der Waals surface area contributed by atoms with Gasteiger partial charge in [0.15, 0.2) is 6.61 Å². The molecule has 0 bridgehead atoms. The van der Waals surface area contributed by atoms with Gasteiger partial charge in [0.25, 0.3) is 11.8 Å². The van der Waals surface area contributed by atoms with Crippen LogP contribution in [0.3, 0.4) is 0 Å². The fraction of sp³-hybridized carbons (Fsp3) is 0.208. The summed E-state index contributed by atoms with van der Waals surface area (Å²) in [5.74, 6) is -0.929. The molecule has 1 aromatic heterocycles. The molecular weight excluding hydrogens is 515 g/mol. The zero-order valence-electron chi connectivity index (χ0n) is 19.1. The van der Waals surface area contributed by atoms with E-state index in [4.69, 9.17) is 37.4 Å². The number of ether oxygens (including phenoxy) is 3. The van der Waals surface area contributed by atoms with Crippen molar-refractivity contribution >= 4 is 63.0 Å². The number of benzene rings is 2. The summed E-state index contributed by atoms with van der Waals surface area (Å²) in [4.78, 5) is 38.3. The Kier molecular flexibility index (Phi) is 8.97. The third-order valence-corrected chi connectivity index (χ3v) is 6.42. The molecule has 2 amide bonds. The third kappa shape index (κ3) is 6.45. The van der Waals surface area contributed by atoms with E-state index in [1.54, 1.807) is 37.3 Å². The molecule has 3 rings (SSSR count). The van der Waals surface area contributed by atoms with E-state index >= 15 is 0 Å². The van der Waals surface area contributed by atoms with E-state index in [9.17, 15) is 14.4 Å². The maximum atomic E-state index is 13.1. The molecular formula is C24H22Cl2N2O6S. The van der Waals surface area contributed by atoms with Gasteiger partial charge in [-0.15, -0.1) is 11.3 Å². The minimum atomic E-state index is -0.690. The van der Waals surface area contributed by atoms with Crippen molar-refractivity contribution in [3.05, 3.63) is 68.5 Å². The van der Waals surface area contributed by atoms with Crippen molar-refractivity contribution < 1.29 is 28.6 Å². The first-order chi connectivity index (χ1) is 16.7. The highest BCUT2D eigenvalue weighted by atomic mass is 35.5. The molecule has 2 aromatic carbocycles. The number of esters is 1. The number of nitrogens with one attached hydrogen (secondary N) is 2. The number of hydrogen-bond donors (Lipinski definition) is 2. The van der Waals surface area contributed by atoms with E-state index in [0.29, 0.717) is 28.6 Å². The molecule has 0 saturated carbocycles. The Balaban J connectivity index is 1.81. The van der Waals surface area contributed by atoms with Crippen molar-refractivity contribution in [2.24, 2.45) is 0 Å². The average Bonchev–Trinajstić information content (AvgIpc) is 3.15. The Hall–Kier alpha value is -3.27. The zero-order valence-corrected chi connectivity index (χ0v) is 21.4. The van der Waals surface area contributed by atoms with Crippen molar-refractivity contribution in [3.63, 3.8) is 0 Å². The van der Waals surface area contributed by atoms with Crippen LogP contribution in [0.2, 0.25) is 10.0 Å². The van der Waals surface area contributed by atoms with Gasteiger partial charge in [0.2, 0.25) is 0 Å². The largest absolute Gasteiger partial charge is 0.492 e. The lowest BCUT2D eigenvalue weighted by Crippen LogP contribution is -2.21. The van der Waals surface area contributed by atoms with Crippen LogP contribution in [0.15, 0.2) is 42.5 Å². The first-order valence-electron chi connectivity index (χ1n) is 10.4. The second-order valence-electron chi connectivity index (χ2n) is 7.05. The van der Waals surface area contributed by atoms with Crippen molar-refractivity contribution in [2.45, 2.75) is 13.8 Å². The normalized spacial score (nSPS) is 10.4. The summed E-state index contributed by atoms with van der Waals surface area (Å²) in [6, 6.07) is 11.6. The van der Waals surface area contributed by atoms with Crippen LogP contribution in [-0.2, 0) is 9.53 Å². The van der Waals surface area contributed by atoms with Crippen molar-refractivity contribution in [1.29, 1.82) is 0 Å². The number of halogens is 2. The highest BCUT2D eigenvalue weighted by Crippen LogP contribution is 2.35. The SMILES string of the molecule is CCOc1ccccc1NC(=O)c1sc(NC(=O)COc2ccc(Cl)cc2Cl)c(C(=O)OC)c1C. The first-order valence-corrected chi connectivity index (χ1v) is 11.9. The number of hydrogen-bond acceptors (Lipinski definition) is 7. The van der Waals surface area contributed by atoms with E-state index in [2.05, 4.69) is 10.6 Å². The van der Waals surface area contributed by atoms with Gasteiger partial charge in [0, 0.05) is 5.02 Å². The maximum Gasteiger partial charge on any atom is 0.341 e. The zero-order chi connectivity index (χ0) is 25.5. The van der Waals surface area contributed by atoms with Crippen LogP contribution in [0, 0.1) is 6.92 Å². The predicted octanol–water partition coefficient (Wildman–Crippen LogP) is 5.82. The van der Waals surface area contributed by atoms with Crippen LogP contribution in [0.25, 0.3) is 0 Å². The summed E-state index contributed by atoms with van der Waals surface area (Å²) < 4.78 is 15.9. The molecule has 0 atom stereocenters. The van der Waals surface area contributed by atoms with E-state index in [0.717, 1.165) is 11.3 Å².